The van der Waals surface area contributed by atoms with Gasteiger partial charge in [-0.15, -0.1) is 0 Å². The molecule has 1 aliphatic rings. The van der Waals surface area contributed by atoms with E-state index in [1.807, 2.05) is 65.2 Å². The molecule has 2 heterocycles. The summed E-state index contributed by atoms with van der Waals surface area (Å²) in [6, 6.07) is 30.4. The van der Waals surface area contributed by atoms with Crippen LogP contribution >= 0.6 is 11.8 Å². The molecule has 0 spiro atoms. The molecule has 28 heavy (non-hydrogen) atoms. The minimum Gasteiger partial charge on any atom is -0.369 e. The molecule has 1 N–H and O–H groups in total. The van der Waals surface area contributed by atoms with Crippen molar-refractivity contribution in [1.82, 2.24) is 9.55 Å². The lowest BCUT2D eigenvalue weighted by atomic mass is 10.0. The van der Waals surface area contributed by atoms with Gasteiger partial charge in [-0.1, -0.05) is 103 Å². The summed E-state index contributed by atoms with van der Waals surface area (Å²) in [7, 11) is 0. The summed E-state index contributed by atoms with van der Waals surface area (Å²) < 4.78 is 1.93. The molecule has 136 valence electrons. The Morgan fingerprint density at radius 2 is 1.25 bits per heavy atom. The molecule has 4 aromatic rings. The number of rotatable bonds is 3. The van der Waals surface area contributed by atoms with Crippen molar-refractivity contribution >= 4 is 16.7 Å². The van der Waals surface area contributed by atoms with Crippen LogP contribution in [0.5, 0.6) is 0 Å². The summed E-state index contributed by atoms with van der Waals surface area (Å²) in [4.78, 5) is 5.97. The topological polar surface area (TPSA) is 38.1 Å². The van der Waals surface area contributed by atoms with Crippen molar-refractivity contribution in [2.75, 3.05) is 0 Å². The third kappa shape index (κ3) is 2.97. The molecule has 0 fully saturated rings. The van der Waals surface area contributed by atoms with Gasteiger partial charge in [0.05, 0.1) is 11.4 Å². The third-order valence-corrected chi connectivity index (χ3v) is 5.86. The minimum atomic E-state index is -0.772. The second kappa shape index (κ2) is 7.15. The molecule has 0 saturated heterocycles. The Hall–Kier alpha value is -3.08. The smallest absolute Gasteiger partial charge is 0.176 e. The van der Waals surface area contributed by atoms with E-state index >= 15 is 0 Å². The van der Waals surface area contributed by atoms with Crippen molar-refractivity contribution in [3.63, 3.8) is 0 Å². The average Bonchev–Trinajstić information content (AvgIpc) is 3.16. The number of aromatic nitrogens is 2. The van der Waals surface area contributed by atoms with Gasteiger partial charge < -0.3 is 5.11 Å². The van der Waals surface area contributed by atoms with Crippen LogP contribution in [0.15, 0.2) is 102 Å². The van der Waals surface area contributed by atoms with E-state index in [1.165, 1.54) is 0 Å². The van der Waals surface area contributed by atoms with E-state index in [0.29, 0.717) is 0 Å². The normalized spacial score (nSPS) is 15.8. The Balaban J connectivity index is 1.69. The van der Waals surface area contributed by atoms with E-state index in [0.717, 1.165) is 38.1 Å². The van der Waals surface area contributed by atoms with Gasteiger partial charge in [-0.25, -0.2) is 4.98 Å². The van der Waals surface area contributed by atoms with Crippen molar-refractivity contribution in [2.24, 2.45) is 0 Å². The second-order valence-electron chi connectivity index (χ2n) is 6.61. The quantitative estimate of drug-likeness (QED) is 0.483. The first-order valence-electron chi connectivity index (χ1n) is 9.17. The molecule has 0 aliphatic carbocycles. The van der Waals surface area contributed by atoms with Crippen molar-refractivity contribution in [3.8, 4) is 22.5 Å². The highest BCUT2D eigenvalue weighted by atomic mass is 32.2. The van der Waals surface area contributed by atoms with Crippen molar-refractivity contribution < 1.29 is 5.11 Å². The number of imidazole rings is 1. The molecule has 3 aromatic carbocycles. The number of fused-ring (bicyclic) bond motifs is 1. The fourth-order valence-electron chi connectivity index (χ4n) is 3.50. The van der Waals surface area contributed by atoms with Crippen LogP contribution in [0.3, 0.4) is 0 Å². The summed E-state index contributed by atoms with van der Waals surface area (Å²) in [5, 5.41) is 11.8. The lowest BCUT2D eigenvalue weighted by molar-refractivity contribution is 0.146. The number of hydrogen-bond donors (Lipinski definition) is 1. The maximum absolute atomic E-state index is 11.0. The van der Waals surface area contributed by atoms with Gasteiger partial charge in [0.25, 0.3) is 0 Å². The fourth-order valence-corrected chi connectivity index (χ4v) is 4.57. The number of hydrogen-bond acceptors (Lipinski definition) is 3. The maximum atomic E-state index is 11.0. The first-order chi connectivity index (χ1) is 13.8. The first-order valence-corrected chi connectivity index (χ1v) is 9.99. The van der Waals surface area contributed by atoms with E-state index in [2.05, 4.69) is 36.4 Å². The molecule has 0 bridgehead atoms. The van der Waals surface area contributed by atoms with E-state index < -0.39 is 6.23 Å². The monoisotopic (exact) mass is 382 g/mol. The molecular weight excluding hydrogens is 364 g/mol. The molecular formula is C24H18N2OS. The van der Waals surface area contributed by atoms with Gasteiger partial charge in [-0.2, -0.15) is 0 Å². The molecule has 1 aliphatic heterocycles. The van der Waals surface area contributed by atoms with Crippen molar-refractivity contribution in [3.05, 3.63) is 103 Å². The summed E-state index contributed by atoms with van der Waals surface area (Å²) in [6.45, 7) is 0. The zero-order chi connectivity index (χ0) is 18.9. The second-order valence-corrected chi connectivity index (χ2v) is 7.62. The Labute approximate surface area is 168 Å². The van der Waals surface area contributed by atoms with Crippen LogP contribution in [-0.4, -0.2) is 14.7 Å². The van der Waals surface area contributed by atoms with Gasteiger partial charge in [0, 0.05) is 16.0 Å². The molecule has 0 radical (unpaired) electrons. The third-order valence-electron chi connectivity index (χ3n) is 4.80. The van der Waals surface area contributed by atoms with Crippen LogP contribution in [0.4, 0.5) is 0 Å². The van der Waals surface area contributed by atoms with E-state index in [1.54, 1.807) is 11.8 Å². The molecule has 4 heteroatoms. The molecule has 1 aromatic heterocycles. The van der Waals surface area contributed by atoms with Crippen molar-refractivity contribution in [1.29, 1.82) is 0 Å². The van der Waals surface area contributed by atoms with Gasteiger partial charge in [-0.05, 0) is 11.6 Å². The predicted molar refractivity (Wildman–Crippen MR) is 115 cm³/mol. The number of benzene rings is 3. The molecule has 0 amide bonds. The highest BCUT2D eigenvalue weighted by Crippen LogP contribution is 2.45. The molecule has 3 nitrogen and oxygen atoms in total. The lowest BCUT2D eigenvalue weighted by Crippen LogP contribution is -2.12. The fraction of sp³-hybridized carbons (Fsp3) is 0.0417. The lowest BCUT2D eigenvalue weighted by Gasteiger charge is -2.22. The molecule has 0 saturated carbocycles. The number of thioether (sulfide) groups is 1. The van der Waals surface area contributed by atoms with Gasteiger partial charge in [0.2, 0.25) is 0 Å². The van der Waals surface area contributed by atoms with Crippen LogP contribution in [0, 0.1) is 0 Å². The van der Waals surface area contributed by atoms with Crippen molar-refractivity contribution in [2.45, 2.75) is 11.4 Å². The Bertz CT molecular complexity index is 1140. The van der Waals surface area contributed by atoms with Crippen LogP contribution in [0.2, 0.25) is 0 Å². The Morgan fingerprint density at radius 1 is 0.714 bits per heavy atom. The summed E-state index contributed by atoms with van der Waals surface area (Å²) in [6.07, 6.45) is 1.13. The summed E-state index contributed by atoms with van der Waals surface area (Å²) in [5.74, 6) is 0. The molecule has 5 rings (SSSR count). The van der Waals surface area contributed by atoms with Gasteiger partial charge in [0.15, 0.2) is 11.4 Å². The van der Waals surface area contributed by atoms with Crippen LogP contribution in [0.25, 0.3) is 27.4 Å². The maximum Gasteiger partial charge on any atom is 0.176 e. The predicted octanol–water partition coefficient (Wildman–Crippen LogP) is 5.85. The Kier molecular flexibility index (Phi) is 4.35. The number of nitrogens with zero attached hydrogens (tertiary/aromatic N) is 2. The number of aliphatic hydroxyl groups excluding tert-OH is 1. The van der Waals surface area contributed by atoms with E-state index in [9.17, 15) is 5.11 Å². The van der Waals surface area contributed by atoms with Crippen LogP contribution in [-0.2, 0) is 0 Å². The average molecular weight is 382 g/mol. The summed E-state index contributed by atoms with van der Waals surface area (Å²) in [5.41, 5.74) is 4.98. The largest absolute Gasteiger partial charge is 0.369 e. The van der Waals surface area contributed by atoms with E-state index in [-0.39, 0.29) is 0 Å². The number of aliphatic hydroxyl groups is 1. The van der Waals surface area contributed by atoms with Crippen LogP contribution < -0.4 is 0 Å². The van der Waals surface area contributed by atoms with Crippen LogP contribution in [0.1, 0.15) is 11.8 Å². The van der Waals surface area contributed by atoms with Gasteiger partial charge >= 0.3 is 0 Å². The molecule has 1 atom stereocenters. The zero-order valence-electron chi connectivity index (χ0n) is 15.1. The minimum absolute atomic E-state index is 0.772. The Morgan fingerprint density at radius 3 is 1.86 bits per heavy atom. The standard InChI is InChI=1S/C24H18N2OS/c27-21-16-20(17-10-4-1-5-11-17)28-24-25-22(18-12-6-2-7-13-18)23(26(21)24)19-14-8-3-9-15-19/h1-16,21,27H. The summed E-state index contributed by atoms with van der Waals surface area (Å²) >= 11 is 1.59. The zero-order valence-corrected chi connectivity index (χ0v) is 15.9. The van der Waals surface area contributed by atoms with Gasteiger partial charge in [-0.3, -0.25) is 4.57 Å². The SMILES string of the molecule is OC1C=C(c2ccccc2)Sc2nc(-c3ccccc3)c(-c3ccccc3)n21. The van der Waals surface area contributed by atoms with Gasteiger partial charge in [0.1, 0.15) is 0 Å². The first kappa shape index (κ1) is 17.0. The highest BCUT2D eigenvalue weighted by molar-refractivity contribution is 8.08. The molecule has 1 unspecified atom stereocenters. The van der Waals surface area contributed by atoms with E-state index in [4.69, 9.17) is 4.98 Å². The highest BCUT2D eigenvalue weighted by Gasteiger charge is 2.28.